The minimum atomic E-state index is -3.48. The van der Waals surface area contributed by atoms with Crippen LogP contribution in [0.4, 0.5) is 11.5 Å². The second kappa shape index (κ2) is 8.65. The van der Waals surface area contributed by atoms with Gasteiger partial charge in [0.15, 0.2) is 15.7 Å². The van der Waals surface area contributed by atoms with Crippen molar-refractivity contribution < 1.29 is 13.2 Å². The maximum atomic E-state index is 12.7. The normalized spacial score (nSPS) is 19.7. The van der Waals surface area contributed by atoms with Gasteiger partial charge in [-0.15, -0.1) is 0 Å². The van der Waals surface area contributed by atoms with Crippen LogP contribution in [0.25, 0.3) is 10.9 Å². The smallest absolute Gasteiger partial charge is 0.261 e. The highest BCUT2D eigenvalue weighted by atomic mass is 32.2. The third-order valence-electron chi connectivity index (χ3n) is 5.94. The van der Waals surface area contributed by atoms with Gasteiger partial charge in [0, 0.05) is 25.1 Å². The van der Waals surface area contributed by atoms with Gasteiger partial charge in [0.2, 0.25) is 0 Å². The van der Waals surface area contributed by atoms with Gasteiger partial charge in [-0.2, -0.15) is 10.4 Å². The number of ether oxygens (including phenoxy) is 1. The number of aromatic nitrogens is 3. The second-order valence-electron chi connectivity index (χ2n) is 9.12. The van der Waals surface area contributed by atoms with Gasteiger partial charge in [-0.05, 0) is 63.9 Å². The van der Waals surface area contributed by atoms with E-state index in [2.05, 4.69) is 21.5 Å². The predicted molar refractivity (Wildman–Crippen MR) is 125 cm³/mol. The van der Waals surface area contributed by atoms with E-state index in [1.54, 1.807) is 62.0 Å². The van der Waals surface area contributed by atoms with Crippen LogP contribution in [-0.4, -0.2) is 41.1 Å². The number of anilines is 2. The average Bonchev–Trinajstić information content (AvgIpc) is 2.97. The van der Waals surface area contributed by atoms with Crippen LogP contribution in [0.1, 0.15) is 39.7 Å². The number of H-pyrrole nitrogens is 1. The van der Waals surface area contributed by atoms with E-state index in [0.717, 1.165) is 0 Å². The Balaban J connectivity index is 1.74. The molecule has 0 saturated carbocycles. The number of benzene rings is 1. The summed E-state index contributed by atoms with van der Waals surface area (Å²) in [4.78, 5) is 15.6. The molecule has 174 valence electrons. The first-order valence-electron chi connectivity index (χ1n) is 10.8. The molecule has 0 bridgehead atoms. The molecule has 1 fully saturated rings. The molecule has 0 amide bonds. The standard InChI is InChI=1S/C23H27N5O4S/c1-23(2,3)33(30,31)17-6-4-16(5-7-17)26-21-20-19(8-11-25-22(20)29)28(27-21)18-10-13-32-12-9-15(18)14-24/h4-8,11,15,18H,9-10,12-13H2,1-3H3,(H,25,29)(H,26,27)/t15-,18+/m1/s1. The van der Waals surface area contributed by atoms with Crippen molar-refractivity contribution in [2.45, 2.75) is 49.3 Å². The molecule has 2 atom stereocenters. The van der Waals surface area contributed by atoms with Gasteiger partial charge in [0.05, 0.1) is 33.2 Å². The van der Waals surface area contributed by atoms with Crippen molar-refractivity contribution >= 4 is 32.2 Å². The summed E-state index contributed by atoms with van der Waals surface area (Å²) in [6.45, 7) is 6.01. The lowest BCUT2D eigenvalue weighted by atomic mass is 9.96. The van der Waals surface area contributed by atoms with Crippen LogP contribution in [0.15, 0.2) is 46.2 Å². The molecular formula is C23H27N5O4S. The van der Waals surface area contributed by atoms with Gasteiger partial charge in [0.1, 0.15) is 5.39 Å². The van der Waals surface area contributed by atoms with Crippen LogP contribution < -0.4 is 10.9 Å². The van der Waals surface area contributed by atoms with E-state index in [9.17, 15) is 18.5 Å². The highest BCUT2D eigenvalue weighted by molar-refractivity contribution is 7.92. The monoisotopic (exact) mass is 469 g/mol. The molecule has 3 aromatic rings. The van der Waals surface area contributed by atoms with Crippen LogP contribution in [0, 0.1) is 17.2 Å². The molecule has 1 saturated heterocycles. The number of fused-ring (bicyclic) bond motifs is 1. The number of pyridine rings is 1. The summed E-state index contributed by atoms with van der Waals surface area (Å²) in [7, 11) is -3.48. The number of hydrogen-bond acceptors (Lipinski definition) is 7. The molecule has 3 heterocycles. The predicted octanol–water partition coefficient (Wildman–Crippen LogP) is 3.53. The fourth-order valence-electron chi connectivity index (χ4n) is 4.00. The first kappa shape index (κ1) is 23.0. The van der Waals surface area contributed by atoms with Crippen molar-refractivity contribution in [3.63, 3.8) is 0 Å². The summed E-state index contributed by atoms with van der Waals surface area (Å²) in [6, 6.07) is 10.3. The Hall–Kier alpha value is -3.16. The lowest BCUT2D eigenvalue weighted by Gasteiger charge is -2.20. The van der Waals surface area contributed by atoms with E-state index >= 15 is 0 Å². The van der Waals surface area contributed by atoms with Crippen molar-refractivity contribution in [3.05, 3.63) is 46.9 Å². The zero-order valence-electron chi connectivity index (χ0n) is 18.8. The van der Waals surface area contributed by atoms with E-state index < -0.39 is 14.6 Å². The fraction of sp³-hybridized carbons (Fsp3) is 0.435. The molecule has 33 heavy (non-hydrogen) atoms. The third-order valence-corrected chi connectivity index (χ3v) is 8.44. The van der Waals surface area contributed by atoms with Crippen molar-refractivity contribution in [2.24, 2.45) is 5.92 Å². The lowest BCUT2D eigenvalue weighted by molar-refractivity contribution is 0.141. The SMILES string of the molecule is CC(C)(C)S(=O)(=O)c1ccc(Nc2nn([C@H]3CCOCC[C@@H]3C#N)c3cc[nH]c(=O)c23)cc1. The van der Waals surface area contributed by atoms with Crippen molar-refractivity contribution in [3.8, 4) is 6.07 Å². The molecule has 1 aromatic carbocycles. The van der Waals surface area contributed by atoms with Crippen LogP contribution >= 0.6 is 0 Å². The second-order valence-corrected chi connectivity index (χ2v) is 11.8. The third kappa shape index (κ3) is 4.26. The van der Waals surface area contributed by atoms with Crippen molar-refractivity contribution in [2.75, 3.05) is 18.5 Å². The minimum Gasteiger partial charge on any atom is -0.381 e. The van der Waals surface area contributed by atoms with E-state index in [0.29, 0.717) is 48.5 Å². The van der Waals surface area contributed by atoms with Gasteiger partial charge >= 0.3 is 0 Å². The van der Waals surface area contributed by atoms with E-state index in [1.165, 1.54) is 0 Å². The molecule has 1 aliphatic heterocycles. The van der Waals surface area contributed by atoms with Crippen LogP contribution in [0.5, 0.6) is 0 Å². The van der Waals surface area contributed by atoms with Crippen molar-refractivity contribution in [1.29, 1.82) is 5.26 Å². The number of hydrogen-bond donors (Lipinski definition) is 2. The van der Waals surface area contributed by atoms with Gasteiger partial charge in [-0.25, -0.2) is 8.42 Å². The molecular weight excluding hydrogens is 442 g/mol. The van der Waals surface area contributed by atoms with Crippen LogP contribution in [0.2, 0.25) is 0 Å². The molecule has 10 heteroatoms. The summed E-state index contributed by atoms with van der Waals surface area (Å²) in [5.74, 6) is 0.0600. The van der Waals surface area contributed by atoms with Crippen molar-refractivity contribution in [1.82, 2.24) is 14.8 Å². The summed E-state index contributed by atoms with van der Waals surface area (Å²) < 4.78 is 31.8. The van der Waals surface area contributed by atoms with E-state index in [4.69, 9.17) is 4.74 Å². The number of rotatable bonds is 4. The first-order chi connectivity index (χ1) is 15.6. The summed E-state index contributed by atoms with van der Waals surface area (Å²) >= 11 is 0. The Bertz CT molecular complexity index is 1360. The molecule has 0 radical (unpaired) electrons. The first-order valence-corrected chi connectivity index (χ1v) is 12.3. The lowest BCUT2D eigenvalue weighted by Crippen LogP contribution is -2.27. The van der Waals surface area contributed by atoms with Gasteiger partial charge in [-0.1, -0.05) is 0 Å². The molecule has 0 spiro atoms. The minimum absolute atomic E-state index is 0.225. The zero-order valence-corrected chi connectivity index (χ0v) is 19.6. The summed E-state index contributed by atoms with van der Waals surface area (Å²) in [5.41, 5.74) is 0.922. The average molecular weight is 470 g/mol. The molecule has 9 nitrogen and oxygen atoms in total. The molecule has 1 aliphatic rings. The van der Waals surface area contributed by atoms with Gasteiger partial charge in [0.25, 0.3) is 5.56 Å². The summed E-state index contributed by atoms with van der Waals surface area (Å²) in [6.07, 6.45) is 2.77. The Morgan fingerprint density at radius 1 is 1.18 bits per heavy atom. The number of sulfone groups is 1. The van der Waals surface area contributed by atoms with E-state index in [-0.39, 0.29) is 22.4 Å². The molecule has 4 rings (SSSR count). The highest BCUT2D eigenvalue weighted by Crippen LogP contribution is 2.33. The fourth-order valence-corrected chi connectivity index (χ4v) is 5.20. The Morgan fingerprint density at radius 3 is 2.55 bits per heavy atom. The molecule has 0 aliphatic carbocycles. The van der Waals surface area contributed by atoms with E-state index in [1.807, 2.05) is 0 Å². The van der Waals surface area contributed by atoms with Gasteiger partial charge < -0.3 is 15.0 Å². The van der Waals surface area contributed by atoms with Gasteiger partial charge in [-0.3, -0.25) is 9.48 Å². The zero-order chi connectivity index (χ0) is 23.8. The number of aromatic amines is 1. The molecule has 2 aromatic heterocycles. The topological polar surface area (TPSA) is 130 Å². The molecule has 0 unspecified atom stereocenters. The largest absolute Gasteiger partial charge is 0.381 e. The molecule has 2 N–H and O–H groups in total. The maximum absolute atomic E-state index is 12.7. The number of nitrogens with zero attached hydrogens (tertiary/aromatic N) is 3. The van der Waals surface area contributed by atoms with Crippen LogP contribution in [-0.2, 0) is 14.6 Å². The Morgan fingerprint density at radius 2 is 1.88 bits per heavy atom. The van der Waals surface area contributed by atoms with Crippen LogP contribution in [0.3, 0.4) is 0 Å². The number of nitriles is 1. The Labute approximate surface area is 192 Å². The maximum Gasteiger partial charge on any atom is 0.261 e. The highest BCUT2D eigenvalue weighted by Gasteiger charge is 2.31. The summed E-state index contributed by atoms with van der Waals surface area (Å²) in [5, 5.41) is 17.9. The number of nitrogens with one attached hydrogen (secondary N) is 2. The Kier molecular flexibility index (Phi) is 6.03. The quantitative estimate of drug-likeness (QED) is 0.598.